The number of para-hydroxylation sites is 1. The highest BCUT2D eigenvalue weighted by Crippen LogP contribution is 2.24. The SMILES string of the molecule is CCN(CC)C(=O)CNC(=O)c1cccc(OC)c1N. The molecule has 6 nitrogen and oxygen atoms in total. The average Bonchev–Trinajstić information content (AvgIpc) is 2.46. The van der Waals surface area contributed by atoms with Gasteiger partial charge in [0.15, 0.2) is 0 Å². The Morgan fingerprint density at radius 1 is 1.30 bits per heavy atom. The number of nitrogens with two attached hydrogens (primary N) is 1. The van der Waals surface area contributed by atoms with Crippen LogP contribution in [0.1, 0.15) is 24.2 Å². The van der Waals surface area contributed by atoms with Crippen LogP contribution < -0.4 is 15.8 Å². The molecule has 0 saturated heterocycles. The van der Waals surface area contributed by atoms with Gasteiger partial charge in [0.25, 0.3) is 5.91 Å². The Kier molecular flexibility index (Phi) is 5.83. The van der Waals surface area contributed by atoms with Gasteiger partial charge < -0.3 is 20.7 Å². The summed E-state index contributed by atoms with van der Waals surface area (Å²) in [6.45, 7) is 4.97. The molecule has 0 atom stereocenters. The number of carbonyl (C=O) groups is 2. The van der Waals surface area contributed by atoms with Gasteiger partial charge in [-0.25, -0.2) is 0 Å². The molecule has 0 saturated carbocycles. The third kappa shape index (κ3) is 3.63. The number of likely N-dealkylation sites (N-methyl/N-ethyl adjacent to an activating group) is 1. The summed E-state index contributed by atoms with van der Waals surface area (Å²) in [7, 11) is 1.48. The van der Waals surface area contributed by atoms with Crippen LogP contribution >= 0.6 is 0 Å². The van der Waals surface area contributed by atoms with Crippen molar-refractivity contribution in [3.8, 4) is 5.75 Å². The Balaban J connectivity index is 2.71. The number of carbonyl (C=O) groups excluding carboxylic acids is 2. The van der Waals surface area contributed by atoms with E-state index in [2.05, 4.69) is 5.32 Å². The van der Waals surface area contributed by atoms with Crippen LogP contribution in [0.25, 0.3) is 0 Å². The van der Waals surface area contributed by atoms with Gasteiger partial charge in [0, 0.05) is 13.1 Å². The van der Waals surface area contributed by atoms with Crippen LogP contribution in [0.2, 0.25) is 0 Å². The van der Waals surface area contributed by atoms with Crippen molar-refractivity contribution in [3.63, 3.8) is 0 Å². The maximum absolute atomic E-state index is 12.0. The average molecular weight is 279 g/mol. The van der Waals surface area contributed by atoms with Gasteiger partial charge in [0.05, 0.1) is 24.9 Å². The smallest absolute Gasteiger partial charge is 0.253 e. The molecule has 0 unspecified atom stereocenters. The lowest BCUT2D eigenvalue weighted by molar-refractivity contribution is -0.129. The molecule has 2 amide bonds. The number of anilines is 1. The van der Waals surface area contributed by atoms with E-state index in [1.165, 1.54) is 7.11 Å². The van der Waals surface area contributed by atoms with Crippen molar-refractivity contribution in [1.29, 1.82) is 0 Å². The molecule has 1 aromatic carbocycles. The fourth-order valence-corrected chi connectivity index (χ4v) is 1.86. The first-order chi connectivity index (χ1) is 9.54. The Labute approximate surface area is 118 Å². The van der Waals surface area contributed by atoms with Gasteiger partial charge in [0.1, 0.15) is 5.75 Å². The van der Waals surface area contributed by atoms with Crippen LogP contribution in [-0.4, -0.2) is 43.5 Å². The van der Waals surface area contributed by atoms with Crippen LogP contribution in [0, 0.1) is 0 Å². The normalized spacial score (nSPS) is 9.95. The molecular formula is C14H21N3O3. The van der Waals surface area contributed by atoms with E-state index in [-0.39, 0.29) is 24.0 Å². The predicted molar refractivity (Wildman–Crippen MR) is 77.7 cm³/mol. The maximum Gasteiger partial charge on any atom is 0.253 e. The van der Waals surface area contributed by atoms with Gasteiger partial charge in [-0.05, 0) is 26.0 Å². The lowest BCUT2D eigenvalue weighted by atomic mass is 10.1. The third-order valence-electron chi connectivity index (χ3n) is 3.05. The summed E-state index contributed by atoms with van der Waals surface area (Å²) < 4.78 is 5.05. The second-order valence-corrected chi connectivity index (χ2v) is 4.17. The molecule has 0 radical (unpaired) electrons. The van der Waals surface area contributed by atoms with Crippen molar-refractivity contribution < 1.29 is 14.3 Å². The van der Waals surface area contributed by atoms with Crippen molar-refractivity contribution in [2.75, 3.05) is 32.5 Å². The minimum Gasteiger partial charge on any atom is -0.495 e. The van der Waals surface area contributed by atoms with Crippen LogP contribution in [0.5, 0.6) is 5.75 Å². The molecule has 0 aliphatic rings. The predicted octanol–water partition coefficient (Wildman–Crippen LogP) is 0.876. The Hall–Kier alpha value is -2.24. The van der Waals surface area contributed by atoms with Crippen molar-refractivity contribution in [2.24, 2.45) is 0 Å². The lowest BCUT2D eigenvalue weighted by Gasteiger charge is -2.19. The first kappa shape index (κ1) is 15.8. The molecule has 0 fully saturated rings. The van der Waals surface area contributed by atoms with E-state index < -0.39 is 0 Å². The van der Waals surface area contributed by atoms with Gasteiger partial charge in [-0.3, -0.25) is 9.59 Å². The second kappa shape index (κ2) is 7.37. The van der Waals surface area contributed by atoms with Crippen molar-refractivity contribution >= 4 is 17.5 Å². The highest BCUT2D eigenvalue weighted by atomic mass is 16.5. The molecule has 6 heteroatoms. The number of ether oxygens (including phenoxy) is 1. The van der Waals surface area contributed by atoms with Crippen LogP contribution in [0.3, 0.4) is 0 Å². The quantitative estimate of drug-likeness (QED) is 0.757. The van der Waals surface area contributed by atoms with Gasteiger partial charge in [-0.15, -0.1) is 0 Å². The molecule has 0 aliphatic heterocycles. The summed E-state index contributed by atoms with van der Waals surface area (Å²) in [5.74, 6) is -0.0700. The van der Waals surface area contributed by atoms with E-state index in [0.717, 1.165) is 0 Å². The van der Waals surface area contributed by atoms with Crippen LogP contribution in [0.4, 0.5) is 5.69 Å². The number of amides is 2. The zero-order chi connectivity index (χ0) is 15.1. The largest absolute Gasteiger partial charge is 0.495 e. The first-order valence-electron chi connectivity index (χ1n) is 6.53. The van der Waals surface area contributed by atoms with E-state index >= 15 is 0 Å². The highest BCUT2D eigenvalue weighted by Gasteiger charge is 2.15. The molecule has 110 valence electrons. The molecule has 1 aromatic rings. The lowest BCUT2D eigenvalue weighted by Crippen LogP contribution is -2.40. The fourth-order valence-electron chi connectivity index (χ4n) is 1.86. The van der Waals surface area contributed by atoms with E-state index in [0.29, 0.717) is 24.4 Å². The number of nitrogens with one attached hydrogen (secondary N) is 1. The number of benzene rings is 1. The first-order valence-corrected chi connectivity index (χ1v) is 6.53. The Morgan fingerprint density at radius 3 is 2.50 bits per heavy atom. The summed E-state index contributed by atoms with van der Waals surface area (Å²) in [6.07, 6.45) is 0. The molecule has 3 N–H and O–H groups in total. The van der Waals surface area contributed by atoms with E-state index in [9.17, 15) is 9.59 Å². The molecule has 0 bridgehead atoms. The number of rotatable bonds is 6. The summed E-state index contributed by atoms with van der Waals surface area (Å²) in [4.78, 5) is 25.5. The molecule has 0 heterocycles. The van der Waals surface area contributed by atoms with E-state index in [4.69, 9.17) is 10.5 Å². The summed E-state index contributed by atoms with van der Waals surface area (Å²) in [6, 6.07) is 4.94. The Morgan fingerprint density at radius 2 is 1.95 bits per heavy atom. The molecule has 1 rings (SSSR count). The minimum absolute atomic E-state index is 0.0445. The van der Waals surface area contributed by atoms with Crippen LogP contribution in [-0.2, 0) is 4.79 Å². The van der Waals surface area contributed by atoms with Gasteiger partial charge >= 0.3 is 0 Å². The molecular weight excluding hydrogens is 258 g/mol. The van der Waals surface area contributed by atoms with Crippen molar-refractivity contribution in [2.45, 2.75) is 13.8 Å². The number of nitrogen functional groups attached to an aromatic ring is 1. The zero-order valence-corrected chi connectivity index (χ0v) is 12.1. The maximum atomic E-state index is 12.0. The van der Waals surface area contributed by atoms with Gasteiger partial charge in [-0.1, -0.05) is 6.07 Å². The van der Waals surface area contributed by atoms with E-state index in [1.54, 1.807) is 23.1 Å². The highest BCUT2D eigenvalue weighted by molar-refractivity contribution is 6.01. The topological polar surface area (TPSA) is 84.7 Å². The number of methoxy groups -OCH3 is 1. The third-order valence-corrected chi connectivity index (χ3v) is 3.05. The second-order valence-electron chi connectivity index (χ2n) is 4.17. The number of hydrogen-bond donors (Lipinski definition) is 2. The Bertz CT molecular complexity index is 485. The molecule has 0 aromatic heterocycles. The standard InChI is InChI=1S/C14H21N3O3/c1-4-17(5-2)12(18)9-16-14(19)10-7-6-8-11(20-3)13(10)15/h6-8H,4-5,9,15H2,1-3H3,(H,16,19). The monoisotopic (exact) mass is 279 g/mol. The molecule has 0 aliphatic carbocycles. The number of nitrogens with zero attached hydrogens (tertiary/aromatic N) is 1. The van der Waals surface area contributed by atoms with Gasteiger partial charge in [0.2, 0.25) is 5.91 Å². The summed E-state index contributed by atoms with van der Waals surface area (Å²) in [5.41, 5.74) is 6.40. The summed E-state index contributed by atoms with van der Waals surface area (Å²) >= 11 is 0. The fraction of sp³-hybridized carbons (Fsp3) is 0.429. The molecule has 20 heavy (non-hydrogen) atoms. The minimum atomic E-state index is -0.387. The molecule has 0 spiro atoms. The van der Waals surface area contributed by atoms with Gasteiger partial charge in [-0.2, -0.15) is 0 Å². The van der Waals surface area contributed by atoms with Crippen LogP contribution in [0.15, 0.2) is 18.2 Å². The van der Waals surface area contributed by atoms with Crippen molar-refractivity contribution in [3.05, 3.63) is 23.8 Å². The van der Waals surface area contributed by atoms with Crippen molar-refractivity contribution in [1.82, 2.24) is 10.2 Å². The summed E-state index contributed by atoms with van der Waals surface area (Å²) in [5, 5.41) is 2.57. The zero-order valence-electron chi connectivity index (χ0n) is 12.1. The number of hydrogen-bond acceptors (Lipinski definition) is 4. The van der Waals surface area contributed by atoms with E-state index in [1.807, 2.05) is 13.8 Å².